The van der Waals surface area contributed by atoms with E-state index in [1.165, 1.54) is 17.1 Å². The van der Waals surface area contributed by atoms with Crippen LogP contribution in [0.25, 0.3) is 0 Å². The maximum absolute atomic E-state index is 10.7. The molecule has 0 saturated carbocycles. The number of aromatic nitrogens is 2. The van der Waals surface area contributed by atoms with Crippen molar-refractivity contribution in [3.63, 3.8) is 0 Å². The SMILES string of the molecule is NC(=O)c1cnn(CC(N)C(=O)O)c1. The van der Waals surface area contributed by atoms with Gasteiger partial charge in [0.05, 0.1) is 18.3 Å². The smallest absolute Gasteiger partial charge is 0.322 e. The second kappa shape index (κ2) is 3.88. The summed E-state index contributed by atoms with van der Waals surface area (Å²) < 4.78 is 1.26. The van der Waals surface area contributed by atoms with E-state index in [-0.39, 0.29) is 12.1 Å². The van der Waals surface area contributed by atoms with Crippen molar-refractivity contribution in [2.75, 3.05) is 0 Å². The van der Waals surface area contributed by atoms with E-state index in [2.05, 4.69) is 5.10 Å². The summed E-state index contributed by atoms with van der Waals surface area (Å²) in [5, 5.41) is 12.2. The highest BCUT2D eigenvalue weighted by Gasteiger charge is 2.13. The fourth-order valence-electron chi connectivity index (χ4n) is 0.870. The third-order valence-electron chi connectivity index (χ3n) is 1.62. The zero-order valence-electron chi connectivity index (χ0n) is 7.25. The van der Waals surface area contributed by atoms with E-state index in [1.54, 1.807) is 0 Å². The zero-order valence-corrected chi connectivity index (χ0v) is 7.25. The van der Waals surface area contributed by atoms with Crippen molar-refractivity contribution in [3.05, 3.63) is 18.0 Å². The largest absolute Gasteiger partial charge is 0.480 e. The number of nitrogens with zero attached hydrogens (tertiary/aromatic N) is 2. The van der Waals surface area contributed by atoms with Crippen molar-refractivity contribution < 1.29 is 14.7 Å². The van der Waals surface area contributed by atoms with Gasteiger partial charge in [0.25, 0.3) is 5.91 Å². The summed E-state index contributed by atoms with van der Waals surface area (Å²) in [7, 11) is 0. The van der Waals surface area contributed by atoms with Crippen LogP contribution in [-0.4, -0.2) is 32.8 Å². The van der Waals surface area contributed by atoms with Gasteiger partial charge < -0.3 is 16.6 Å². The monoisotopic (exact) mass is 198 g/mol. The van der Waals surface area contributed by atoms with Crippen molar-refractivity contribution in [1.82, 2.24) is 9.78 Å². The molecule has 1 heterocycles. The fraction of sp³-hybridized carbons (Fsp3) is 0.286. The molecule has 7 heteroatoms. The van der Waals surface area contributed by atoms with E-state index in [9.17, 15) is 9.59 Å². The minimum atomic E-state index is -1.12. The summed E-state index contributed by atoms with van der Waals surface area (Å²) in [6.45, 7) is 0.00259. The number of amides is 1. The van der Waals surface area contributed by atoms with Gasteiger partial charge in [0.1, 0.15) is 6.04 Å². The number of carboxylic acids is 1. The van der Waals surface area contributed by atoms with Crippen LogP contribution in [0.1, 0.15) is 10.4 Å². The number of carbonyl (C=O) groups is 2. The Morgan fingerprint density at radius 3 is 2.71 bits per heavy atom. The third kappa shape index (κ3) is 2.30. The molecule has 0 spiro atoms. The molecular weight excluding hydrogens is 188 g/mol. The first-order valence-corrected chi connectivity index (χ1v) is 3.81. The molecule has 76 valence electrons. The Labute approximate surface area is 79.3 Å². The van der Waals surface area contributed by atoms with Gasteiger partial charge in [-0.2, -0.15) is 5.10 Å². The van der Waals surface area contributed by atoms with Crippen LogP contribution in [0.2, 0.25) is 0 Å². The first-order valence-electron chi connectivity index (χ1n) is 3.81. The van der Waals surface area contributed by atoms with Gasteiger partial charge >= 0.3 is 5.97 Å². The van der Waals surface area contributed by atoms with Crippen molar-refractivity contribution >= 4 is 11.9 Å². The lowest BCUT2D eigenvalue weighted by molar-refractivity contribution is -0.138. The molecule has 0 aliphatic rings. The number of aliphatic carboxylic acids is 1. The molecule has 0 aromatic carbocycles. The topological polar surface area (TPSA) is 124 Å². The van der Waals surface area contributed by atoms with Crippen LogP contribution in [0.15, 0.2) is 12.4 Å². The zero-order chi connectivity index (χ0) is 10.7. The van der Waals surface area contributed by atoms with Crippen molar-refractivity contribution in [1.29, 1.82) is 0 Å². The standard InChI is InChI=1S/C7H10N4O3/c8-5(7(13)14)3-11-2-4(1-10-11)6(9)12/h1-2,5H,3,8H2,(H2,9,12)(H,13,14). The molecule has 0 saturated heterocycles. The first kappa shape index (κ1) is 10.2. The van der Waals surface area contributed by atoms with Gasteiger partial charge in [0, 0.05) is 6.20 Å². The minimum absolute atomic E-state index is 0.00259. The lowest BCUT2D eigenvalue weighted by atomic mass is 10.3. The Morgan fingerprint density at radius 1 is 1.64 bits per heavy atom. The van der Waals surface area contributed by atoms with Gasteiger partial charge in [-0.05, 0) is 0 Å². The summed E-state index contributed by atoms with van der Waals surface area (Å²) in [6, 6.07) is -1.05. The average Bonchev–Trinajstić information content (AvgIpc) is 2.52. The van der Waals surface area contributed by atoms with E-state index < -0.39 is 17.9 Å². The molecule has 1 rings (SSSR count). The van der Waals surface area contributed by atoms with Crippen LogP contribution in [0.4, 0.5) is 0 Å². The van der Waals surface area contributed by atoms with Gasteiger partial charge in [-0.3, -0.25) is 14.3 Å². The highest BCUT2D eigenvalue weighted by atomic mass is 16.4. The van der Waals surface area contributed by atoms with Crippen LogP contribution in [0.5, 0.6) is 0 Å². The minimum Gasteiger partial charge on any atom is -0.480 e. The van der Waals surface area contributed by atoms with Crippen LogP contribution in [-0.2, 0) is 11.3 Å². The lowest BCUT2D eigenvalue weighted by Gasteiger charge is -2.05. The molecule has 5 N–H and O–H groups in total. The molecule has 1 aromatic heterocycles. The second-order valence-corrected chi connectivity index (χ2v) is 2.76. The van der Waals surface area contributed by atoms with E-state index in [4.69, 9.17) is 16.6 Å². The Kier molecular flexibility index (Phi) is 2.82. The summed E-state index contributed by atoms with van der Waals surface area (Å²) in [5.74, 6) is -1.73. The van der Waals surface area contributed by atoms with Crippen molar-refractivity contribution in [3.8, 4) is 0 Å². The Hall–Kier alpha value is -1.89. The Morgan fingerprint density at radius 2 is 2.29 bits per heavy atom. The summed E-state index contributed by atoms with van der Waals surface area (Å²) in [5.41, 5.74) is 10.5. The van der Waals surface area contributed by atoms with Crippen LogP contribution in [0.3, 0.4) is 0 Å². The highest BCUT2D eigenvalue weighted by molar-refractivity contribution is 5.92. The maximum atomic E-state index is 10.7. The number of carboxylic acid groups (broad SMARTS) is 1. The average molecular weight is 198 g/mol. The summed E-state index contributed by atoms with van der Waals surface area (Å²) in [4.78, 5) is 21.0. The fourth-order valence-corrected chi connectivity index (χ4v) is 0.870. The normalized spacial score (nSPS) is 12.4. The first-order chi connectivity index (χ1) is 6.50. The Bertz CT molecular complexity index is 360. The van der Waals surface area contributed by atoms with Crippen LogP contribution >= 0.6 is 0 Å². The molecule has 0 bridgehead atoms. The highest BCUT2D eigenvalue weighted by Crippen LogP contribution is 1.97. The number of primary amides is 1. The van der Waals surface area contributed by atoms with Crippen molar-refractivity contribution in [2.45, 2.75) is 12.6 Å². The maximum Gasteiger partial charge on any atom is 0.322 e. The Balaban J connectivity index is 2.69. The van der Waals surface area contributed by atoms with E-state index >= 15 is 0 Å². The second-order valence-electron chi connectivity index (χ2n) is 2.76. The van der Waals surface area contributed by atoms with Crippen LogP contribution < -0.4 is 11.5 Å². The molecule has 0 radical (unpaired) electrons. The quantitative estimate of drug-likeness (QED) is 0.537. The van der Waals surface area contributed by atoms with Gasteiger partial charge in [0.15, 0.2) is 0 Å². The summed E-state index contributed by atoms with van der Waals surface area (Å²) in [6.07, 6.45) is 2.61. The molecule has 0 aliphatic heterocycles. The third-order valence-corrected chi connectivity index (χ3v) is 1.62. The molecule has 1 atom stereocenters. The van der Waals surface area contributed by atoms with Gasteiger partial charge in [-0.15, -0.1) is 0 Å². The van der Waals surface area contributed by atoms with Gasteiger partial charge in [0.2, 0.25) is 0 Å². The lowest BCUT2D eigenvalue weighted by Crippen LogP contribution is -2.34. The van der Waals surface area contributed by atoms with Crippen molar-refractivity contribution in [2.24, 2.45) is 11.5 Å². The molecule has 14 heavy (non-hydrogen) atoms. The van der Waals surface area contributed by atoms with Gasteiger partial charge in [-0.1, -0.05) is 0 Å². The molecular formula is C7H10N4O3. The molecule has 1 amide bonds. The van der Waals surface area contributed by atoms with Gasteiger partial charge in [-0.25, -0.2) is 0 Å². The number of nitrogens with two attached hydrogens (primary N) is 2. The van der Waals surface area contributed by atoms with E-state index in [0.717, 1.165) is 0 Å². The van der Waals surface area contributed by atoms with E-state index in [1.807, 2.05) is 0 Å². The molecule has 1 unspecified atom stereocenters. The molecule has 0 aliphatic carbocycles. The number of carbonyl (C=O) groups excluding carboxylic acids is 1. The van der Waals surface area contributed by atoms with E-state index in [0.29, 0.717) is 0 Å². The summed E-state index contributed by atoms with van der Waals surface area (Å²) >= 11 is 0. The molecule has 0 fully saturated rings. The molecule has 7 nitrogen and oxygen atoms in total. The number of hydrogen-bond donors (Lipinski definition) is 3. The number of hydrogen-bond acceptors (Lipinski definition) is 4. The van der Waals surface area contributed by atoms with Crippen LogP contribution in [0, 0.1) is 0 Å². The number of rotatable bonds is 4. The predicted octanol–water partition coefficient (Wildman–Crippen LogP) is -1.61. The predicted molar refractivity (Wildman–Crippen MR) is 46.4 cm³/mol. The molecule has 1 aromatic rings.